The number of amides is 1. The third-order valence-electron chi connectivity index (χ3n) is 1.91. The molecule has 84 valence electrons. The molecule has 6 nitrogen and oxygen atoms in total. The molecule has 0 aromatic rings. The van der Waals surface area contributed by atoms with Crippen molar-refractivity contribution in [3.8, 4) is 0 Å². The summed E-state index contributed by atoms with van der Waals surface area (Å²) in [6.45, 7) is 3.04. The largest absolute Gasteiger partial charge is 0.466 e. The van der Waals surface area contributed by atoms with Crippen LogP contribution in [0.3, 0.4) is 0 Å². The molecule has 1 fully saturated rings. The van der Waals surface area contributed by atoms with E-state index in [0.29, 0.717) is 13.1 Å². The molecular weight excluding hydrogens is 202 g/mol. The van der Waals surface area contributed by atoms with Crippen LogP contribution in [0.4, 0.5) is 4.79 Å². The van der Waals surface area contributed by atoms with Crippen LogP contribution >= 0.6 is 0 Å². The van der Waals surface area contributed by atoms with Crippen LogP contribution in [0.2, 0.25) is 0 Å². The third kappa shape index (κ3) is 3.57. The molecule has 0 radical (unpaired) electrons. The number of likely N-dealkylation sites (tertiary alicyclic amines) is 1. The first-order chi connectivity index (χ1) is 7.13. The summed E-state index contributed by atoms with van der Waals surface area (Å²) >= 11 is 0. The van der Waals surface area contributed by atoms with Crippen LogP contribution in [-0.2, 0) is 19.1 Å². The van der Waals surface area contributed by atoms with E-state index >= 15 is 0 Å². The molecule has 1 aliphatic rings. The van der Waals surface area contributed by atoms with Crippen molar-refractivity contribution in [3.05, 3.63) is 0 Å². The molecule has 0 unspecified atom stereocenters. The normalized spacial score (nSPS) is 14.1. The molecule has 0 N–H and O–H groups in total. The van der Waals surface area contributed by atoms with Crippen molar-refractivity contribution < 1.29 is 23.9 Å². The fourth-order valence-electron chi connectivity index (χ4n) is 1.03. The molecule has 0 spiro atoms. The van der Waals surface area contributed by atoms with E-state index in [1.165, 1.54) is 4.90 Å². The van der Waals surface area contributed by atoms with Gasteiger partial charge in [0.25, 0.3) is 0 Å². The van der Waals surface area contributed by atoms with Crippen LogP contribution in [-0.4, -0.2) is 42.6 Å². The van der Waals surface area contributed by atoms with Crippen LogP contribution in [0.25, 0.3) is 0 Å². The quantitative estimate of drug-likeness (QED) is 0.500. The first-order valence-electron chi connectivity index (χ1n) is 4.78. The second-order valence-corrected chi connectivity index (χ2v) is 3.06. The molecule has 0 aliphatic carbocycles. The first-order valence-corrected chi connectivity index (χ1v) is 4.78. The van der Waals surface area contributed by atoms with E-state index in [9.17, 15) is 14.4 Å². The van der Waals surface area contributed by atoms with Gasteiger partial charge in [-0.15, -0.1) is 0 Å². The Bertz CT molecular complexity index is 272. The Balaban J connectivity index is 2.22. The van der Waals surface area contributed by atoms with Crippen molar-refractivity contribution in [3.63, 3.8) is 0 Å². The highest BCUT2D eigenvalue weighted by atomic mass is 16.6. The molecule has 1 heterocycles. The van der Waals surface area contributed by atoms with E-state index in [1.807, 2.05) is 0 Å². The fraction of sp³-hybridized carbons (Fsp3) is 0.667. The van der Waals surface area contributed by atoms with Crippen molar-refractivity contribution in [2.24, 2.45) is 0 Å². The number of rotatable bonds is 3. The van der Waals surface area contributed by atoms with Crippen molar-refractivity contribution in [1.29, 1.82) is 0 Å². The van der Waals surface area contributed by atoms with Crippen LogP contribution < -0.4 is 0 Å². The van der Waals surface area contributed by atoms with Crippen LogP contribution in [0, 0.1) is 0 Å². The molecule has 0 aromatic heterocycles. The zero-order valence-electron chi connectivity index (χ0n) is 8.52. The van der Waals surface area contributed by atoms with Gasteiger partial charge in [-0.2, -0.15) is 0 Å². The molecule has 1 aliphatic heterocycles. The summed E-state index contributed by atoms with van der Waals surface area (Å²) < 4.78 is 8.95. The van der Waals surface area contributed by atoms with E-state index in [2.05, 4.69) is 9.47 Å². The third-order valence-corrected chi connectivity index (χ3v) is 1.91. The van der Waals surface area contributed by atoms with Gasteiger partial charge in [-0.25, -0.2) is 4.79 Å². The highest BCUT2D eigenvalue weighted by Crippen LogP contribution is 2.08. The van der Waals surface area contributed by atoms with Gasteiger partial charge in [0, 0.05) is 13.1 Å². The first kappa shape index (κ1) is 11.5. The molecule has 0 bridgehead atoms. The predicted octanol–water partition coefficient (Wildman–Crippen LogP) is 0.309. The molecule has 6 heteroatoms. The lowest BCUT2D eigenvalue weighted by molar-refractivity contribution is -0.151. The van der Waals surface area contributed by atoms with Crippen molar-refractivity contribution in [2.45, 2.75) is 19.8 Å². The minimum atomic E-state index is -0.870. The molecular formula is C9H13NO5. The number of carbonyl (C=O) groups is 3. The van der Waals surface area contributed by atoms with E-state index < -0.39 is 24.5 Å². The number of nitrogens with zero attached hydrogens (tertiary/aromatic N) is 1. The Morgan fingerprint density at radius 2 is 1.87 bits per heavy atom. The van der Waals surface area contributed by atoms with Crippen LogP contribution in [0.5, 0.6) is 0 Å². The van der Waals surface area contributed by atoms with Gasteiger partial charge in [0.2, 0.25) is 0 Å². The summed E-state index contributed by atoms with van der Waals surface area (Å²) in [5, 5.41) is 0. The number of carbonyl (C=O) groups excluding carboxylic acids is 3. The Morgan fingerprint density at radius 3 is 2.33 bits per heavy atom. The monoisotopic (exact) mass is 215 g/mol. The van der Waals surface area contributed by atoms with E-state index in [1.54, 1.807) is 6.92 Å². The number of hydrogen-bond acceptors (Lipinski definition) is 5. The smallest absolute Gasteiger partial charge is 0.417 e. The minimum Gasteiger partial charge on any atom is -0.466 e. The lowest BCUT2D eigenvalue weighted by Crippen LogP contribution is -2.43. The number of hydrogen-bond donors (Lipinski definition) is 0. The minimum absolute atomic E-state index is 0.201. The maximum atomic E-state index is 11.1. The summed E-state index contributed by atoms with van der Waals surface area (Å²) in [5.74, 6) is -1.55. The molecule has 0 atom stereocenters. The SMILES string of the molecule is CCOC(=O)CC(=O)OC(=O)N1CCC1. The molecule has 15 heavy (non-hydrogen) atoms. The molecule has 1 saturated heterocycles. The molecule has 0 saturated carbocycles. The lowest BCUT2D eigenvalue weighted by atomic mass is 10.2. The Labute approximate surface area is 87.1 Å². The predicted molar refractivity (Wildman–Crippen MR) is 48.9 cm³/mol. The summed E-state index contributed by atoms with van der Waals surface area (Å²) in [6.07, 6.45) is -0.287. The highest BCUT2D eigenvalue weighted by Gasteiger charge is 2.24. The average Bonchev–Trinajstić information content (AvgIpc) is 1.99. The fourth-order valence-corrected chi connectivity index (χ4v) is 1.03. The van der Waals surface area contributed by atoms with Crippen molar-refractivity contribution in [1.82, 2.24) is 4.90 Å². The summed E-state index contributed by atoms with van der Waals surface area (Å²) in [4.78, 5) is 34.4. The highest BCUT2D eigenvalue weighted by molar-refractivity contribution is 5.95. The Morgan fingerprint density at radius 1 is 1.20 bits per heavy atom. The van der Waals surface area contributed by atoms with Gasteiger partial charge in [0.1, 0.15) is 6.42 Å². The summed E-state index contributed by atoms with van der Waals surface area (Å²) in [6, 6.07) is 0. The van der Waals surface area contributed by atoms with Gasteiger partial charge in [0.05, 0.1) is 6.61 Å². The topological polar surface area (TPSA) is 72.9 Å². The van der Waals surface area contributed by atoms with Gasteiger partial charge in [0.15, 0.2) is 0 Å². The average molecular weight is 215 g/mol. The van der Waals surface area contributed by atoms with Gasteiger partial charge in [-0.3, -0.25) is 9.59 Å². The zero-order valence-corrected chi connectivity index (χ0v) is 8.52. The van der Waals surface area contributed by atoms with E-state index in [0.717, 1.165) is 6.42 Å². The Hall–Kier alpha value is -1.59. The number of ether oxygens (including phenoxy) is 2. The van der Waals surface area contributed by atoms with E-state index in [-0.39, 0.29) is 6.61 Å². The maximum Gasteiger partial charge on any atom is 0.417 e. The molecule has 1 rings (SSSR count). The zero-order chi connectivity index (χ0) is 11.3. The maximum absolute atomic E-state index is 11.1. The molecule has 1 amide bonds. The van der Waals surface area contributed by atoms with Crippen molar-refractivity contribution >= 4 is 18.0 Å². The van der Waals surface area contributed by atoms with Gasteiger partial charge < -0.3 is 14.4 Å². The lowest BCUT2D eigenvalue weighted by Gasteiger charge is -2.28. The van der Waals surface area contributed by atoms with Gasteiger partial charge in [-0.05, 0) is 13.3 Å². The second-order valence-electron chi connectivity index (χ2n) is 3.06. The van der Waals surface area contributed by atoms with Crippen LogP contribution in [0.1, 0.15) is 19.8 Å². The van der Waals surface area contributed by atoms with Gasteiger partial charge in [-0.1, -0.05) is 0 Å². The summed E-state index contributed by atoms with van der Waals surface area (Å²) in [7, 11) is 0. The number of esters is 2. The molecule has 0 aromatic carbocycles. The standard InChI is InChI=1S/C9H13NO5/c1-2-14-7(11)6-8(12)15-9(13)10-4-3-5-10/h2-6H2,1H3. The van der Waals surface area contributed by atoms with E-state index in [4.69, 9.17) is 0 Å². The van der Waals surface area contributed by atoms with Gasteiger partial charge >= 0.3 is 18.0 Å². The second kappa shape index (κ2) is 5.33. The Kier molecular flexibility index (Phi) is 4.08. The van der Waals surface area contributed by atoms with Crippen LogP contribution in [0.15, 0.2) is 0 Å². The van der Waals surface area contributed by atoms with Crippen molar-refractivity contribution in [2.75, 3.05) is 19.7 Å². The summed E-state index contributed by atoms with van der Waals surface area (Å²) in [5.41, 5.74) is 0.